The van der Waals surface area contributed by atoms with Gasteiger partial charge in [-0.05, 0) is 31.0 Å². The lowest BCUT2D eigenvalue weighted by molar-refractivity contribution is 0.0919. The Labute approximate surface area is 110 Å². The number of hydrogen-bond acceptors (Lipinski definition) is 4. The van der Waals surface area contributed by atoms with E-state index in [1.807, 2.05) is 6.07 Å². The Kier molecular flexibility index (Phi) is 2.35. The lowest BCUT2D eigenvalue weighted by Gasteiger charge is -2.22. The number of furan rings is 1. The first-order chi connectivity index (χ1) is 9.29. The fourth-order valence-corrected chi connectivity index (χ4v) is 3.18. The summed E-state index contributed by atoms with van der Waals surface area (Å²) in [5.41, 5.74) is 1.18. The average Bonchev–Trinajstić information content (AvgIpc) is 3.13. The zero-order valence-corrected chi connectivity index (χ0v) is 10.5. The van der Waals surface area contributed by atoms with Gasteiger partial charge < -0.3 is 14.6 Å². The minimum Gasteiger partial charge on any atom is -0.463 e. The van der Waals surface area contributed by atoms with Gasteiger partial charge >= 0.3 is 0 Å². The van der Waals surface area contributed by atoms with Crippen molar-refractivity contribution in [3.63, 3.8) is 0 Å². The van der Waals surface area contributed by atoms with Gasteiger partial charge in [-0.1, -0.05) is 0 Å². The molecule has 19 heavy (non-hydrogen) atoms. The number of pyridine rings is 1. The second-order valence-electron chi connectivity index (χ2n) is 5.42. The van der Waals surface area contributed by atoms with Gasteiger partial charge in [0.1, 0.15) is 5.69 Å². The van der Waals surface area contributed by atoms with E-state index in [1.54, 1.807) is 18.5 Å². The van der Waals surface area contributed by atoms with Crippen molar-refractivity contribution in [1.82, 2.24) is 15.2 Å². The van der Waals surface area contributed by atoms with Gasteiger partial charge in [-0.25, -0.2) is 4.98 Å². The minimum absolute atomic E-state index is 0.0816. The fourth-order valence-electron chi connectivity index (χ4n) is 3.18. The number of rotatable bonds is 2. The molecule has 4 heterocycles. The predicted molar refractivity (Wildman–Crippen MR) is 69.8 cm³/mol. The number of hydrogen-bond donors (Lipinski definition) is 1. The van der Waals surface area contributed by atoms with Crippen LogP contribution in [0.25, 0.3) is 11.0 Å². The van der Waals surface area contributed by atoms with Crippen LogP contribution in [0.5, 0.6) is 0 Å². The summed E-state index contributed by atoms with van der Waals surface area (Å²) in [4.78, 5) is 18.8. The molecule has 3 atom stereocenters. The molecule has 5 heteroatoms. The van der Waals surface area contributed by atoms with Crippen molar-refractivity contribution >= 4 is 16.9 Å². The predicted octanol–water partition coefficient (Wildman–Crippen LogP) is 1.26. The Morgan fingerprint density at radius 2 is 2.42 bits per heavy atom. The quantitative estimate of drug-likeness (QED) is 0.880. The smallest absolute Gasteiger partial charge is 0.270 e. The first kappa shape index (κ1) is 11.0. The van der Waals surface area contributed by atoms with Crippen molar-refractivity contribution in [2.45, 2.75) is 12.5 Å². The molecule has 2 aliphatic rings. The highest BCUT2D eigenvalue weighted by molar-refractivity contribution is 5.95. The molecular formula is C14H15N3O2. The number of carbonyl (C=O) groups excluding carboxylic acids is 1. The fraction of sp³-hybridized carbons (Fsp3) is 0.429. The summed E-state index contributed by atoms with van der Waals surface area (Å²) in [6.07, 6.45) is 4.41. The molecule has 0 aromatic carbocycles. The highest BCUT2D eigenvalue weighted by Gasteiger charge is 2.38. The van der Waals surface area contributed by atoms with Crippen LogP contribution in [0.3, 0.4) is 0 Å². The van der Waals surface area contributed by atoms with Crippen LogP contribution in [0.4, 0.5) is 0 Å². The number of aromatic nitrogens is 1. The first-order valence-electron chi connectivity index (χ1n) is 6.66. The van der Waals surface area contributed by atoms with Crippen LogP contribution in [0.2, 0.25) is 0 Å². The Hall–Kier alpha value is -1.88. The molecule has 1 amide bonds. The maximum absolute atomic E-state index is 12.2. The second kappa shape index (κ2) is 4.06. The zero-order valence-electron chi connectivity index (χ0n) is 10.5. The van der Waals surface area contributed by atoms with E-state index < -0.39 is 0 Å². The Morgan fingerprint density at radius 3 is 3.21 bits per heavy atom. The number of nitrogens with zero attached hydrogens (tertiary/aromatic N) is 2. The van der Waals surface area contributed by atoms with Crippen LogP contribution in [0.15, 0.2) is 29.0 Å². The molecule has 2 fully saturated rings. The molecule has 2 saturated heterocycles. The van der Waals surface area contributed by atoms with Crippen molar-refractivity contribution in [2.75, 3.05) is 19.6 Å². The summed E-state index contributed by atoms with van der Waals surface area (Å²) in [6.45, 7) is 3.28. The highest BCUT2D eigenvalue weighted by atomic mass is 16.3. The molecule has 5 nitrogen and oxygen atoms in total. The molecular weight excluding hydrogens is 242 g/mol. The largest absolute Gasteiger partial charge is 0.463 e. The van der Waals surface area contributed by atoms with E-state index >= 15 is 0 Å². The third-order valence-corrected chi connectivity index (χ3v) is 4.22. The molecule has 4 rings (SSSR count). The third-order valence-electron chi connectivity index (χ3n) is 4.22. The van der Waals surface area contributed by atoms with Gasteiger partial charge in [-0.15, -0.1) is 0 Å². The summed E-state index contributed by atoms with van der Waals surface area (Å²) in [7, 11) is 0. The van der Waals surface area contributed by atoms with Crippen LogP contribution >= 0.6 is 0 Å². The topological polar surface area (TPSA) is 58.4 Å². The van der Waals surface area contributed by atoms with Gasteiger partial charge in [0.15, 0.2) is 5.58 Å². The molecule has 2 bridgehead atoms. The van der Waals surface area contributed by atoms with Gasteiger partial charge in [-0.3, -0.25) is 4.79 Å². The molecule has 2 aromatic heterocycles. The summed E-state index contributed by atoms with van der Waals surface area (Å²) in [5, 5.41) is 4.02. The SMILES string of the molecule is O=C(NC1CN2CC[C@H]1C2)c1cc2ccoc2cn1. The highest BCUT2D eigenvalue weighted by Crippen LogP contribution is 2.27. The molecule has 2 aliphatic heterocycles. The van der Waals surface area contributed by atoms with Crippen molar-refractivity contribution in [3.8, 4) is 0 Å². The Morgan fingerprint density at radius 1 is 1.47 bits per heavy atom. The van der Waals surface area contributed by atoms with Crippen molar-refractivity contribution < 1.29 is 9.21 Å². The number of amides is 1. The maximum Gasteiger partial charge on any atom is 0.270 e. The molecule has 0 saturated carbocycles. The van der Waals surface area contributed by atoms with Crippen LogP contribution in [0.1, 0.15) is 16.9 Å². The zero-order chi connectivity index (χ0) is 12.8. The number of carbonyl (C=O) groups is 1. The number of nitrogens with one attached hydrogen (secondary N) is 1. The van der Waals surface area contributed by atoms with Gasteiger partial charge in [0.25, 0.3) is 5.91 Å². The van der Waals surface area contributed by atoms with E-state index in [0.29, 0.717) is 17.2 Å². The standard InChI is InChI=1S/C14H15N3O2/c18-14(16-12-8-17-3-1-10(12)7-17)11-5-9-2-4-19-13(9)6-15-11/h2,4-6,10,12H,1,3,7-8H2,(H,16,18)/t10-,12?/m0/s1. The summed E-state index contributed by atoms with van der Waals surface area (Å²) in [6, 6.07) is 3.90. The Balaban J connectivity index is 1.53. The van der Waals surface area contributed by atoms with E-state index in [0.717, 1.165) is 18.5 Å². The van der Waals surface area contributed by atoms with Crippen molar-refractivity contribution in [2.24, 2.45) is 5.92 Å². The minimum atomic E-state index is -0.0816. The number of piperidine rings is 1. The molecule has 1 N–H and O–H groups in total. The van der Waals surface area contributed by atoms with Gasteiger partial charge in [0.05, 0.1) is 12.5 Å². The second-order valence-corrected chi connectivity index (χ2v) is 5.42. The van der Waals surface area contributed by atoms with E-state index in [9.17, 15) is 4.79 Å². The number of fused-ring (bicyclic) bond motifs is 3. The van der Waals surface area contributed by atoms with Crippen LogP contribution in [-0.4, -0.2) is 41.5 Å². The lowest BCUT2D eigenvalue weighted by Crippen LogP contribution is -2.43. The van der Waals surface area contributed by atoms with Crippen LogP contribution < -0.4 is 5.32 Å². The molecule has 0 aliphatic carbocycles. The molecule has 98 valence electrons. The van der Waals surface area contributed by atoms with Gasteiger partial charge in [-0.2, -0.15) is 0 Å². The van der Waals surface area contributed by atoms with E-state index in [4.69, 9.17) is 4.42 Å². The average molecular weight is 257 g/mol. The maximum atomic E-state index is 12.2. The Bertz CT molecular complexity index is 636. The summed E-state index contributed by atoms with van der Waals surface area (Å²) >= 11 is 0. The van der Waals surface area contributed by atoms with Gasteiger partial charge in [0, 0.05) is 24.5 Å². The first-order valence-corrected chi connectivity index (χ1v) is 6.66. The van der Waals surface area contributed by atoms with Gasteiger partial charge in [0.2, 0.25) is 0 Å². The molecule has 2 aromatic rings. The van der Waals surface area contributed by atoms with E-state index in [-0.39, 0.29) is 11.9 Å². The molecule has 0 spiro atoms. The van der Waals surface area contributed by atoms with Crippen molar-refractivity contribution in [3.05, 3.63) is 30.3 Å². The third kappa shape index (κ3) is 1.81. The monoisotopic (exact) mass is 257 g/mol. The summed E-state index contributed by atoms with van der Waals surface area (Å²) in [5.74, 6) is 0.531. The molecule has 0 radical (unpaired) electrons. The van der Waals surface area contributed by atoms with E-state index in [1.165, 1.54) is 13.0 Å². The van der Waals surface area contributed by atoms with Crippen molar-refractivity contribution in [1.29, 1.82) is 0 Å². The van der Waals surface area contributed by atoms with E-state index in [2.05, 4.69) is 15.2 Å². The lowest BCUT2D eigenvalue weighted by atomic mass is 10.00. The normalized spacial score (nSPS) is 28.9. The van der Waals surface area contributed by atoms with Crippen LogP contribution in [0, 0.1) is 5.92 Å². The van der Waals surface area contributed by atoms with Crippen LogP contribution in [-0.2, 0) is 0 Å². The summed E-state index contributed by atoms with van der Waals surface area (Å²) < 4.78 is 5.23. The molecule has 2 unspecified atom stereocenters.